The van der Waals surface area contributed by atoms with Crippen LogP contribution in [0.5, 0.6) is 0 Å². The van der Waals surface area contributed by atoms with Crippen molar-refractivity contribution in [2.24, 2.45) is 5.92 Å². The molecular formula is C9H14F7N. The van der Waals surface area contributed by atoms with E-state index < -0.39 is 24.7 Å². The van der Waals surface area contributed by atoms with E-state index in [1.54, 1.807) is 13.8 Å². The molecule has 0 radical (unpaired) electrons. The number of nitrogens with one attached hydrogen (secondary N) is 1. The molecule has 0 aliphatic heterocycles. The Hall–Kier alpha value is -0.530. The lowest BCUT2D eigenvalue weighted by Gasteiger charge is -2.30. The van der Waals surface area contributed by atoms with Crippen molar-refractivity contribution in [2.75, 3.05) is 6.54 Å². The van der Waals surface area contributed by atoms with Gasteiger partial charge in [0.2, 0.25) is 0 Å². The van der Waals surface area contributed by atoms with Gasteiger partial charge in [-0.2, -0.15) is 26.3 Å². The zero-order valence-electron chi connectivity index (χ0n) is 9.34. The largest absolute Gasteiger partial charge is 0.445 e. The van der Waals surface area contributed by atoms with Gasteiger partial charge in [-0.25, -0.2) is 4.39 Å². The van der Waals surface area contributed by atoms with Gasteiger partial charge in [0.15, 0.2) is 0 Å². The number of halogens is 7. The van der Waals surface area contributed by atoms with Crippen LogP contribution in [0.1, 0.15) is 26.7 Å². The van der Waals surface area contributed by atoms with Crippen LogP contribution >= 0.6 is 0 Å². The highest BCUT2D eigenvalue weighted by Gasteiger charge is 2.72. The minimum absolute atomic E-state index is 0.0372. The number of alkyl halides is 7. The van der Waals surface area contributed by atoms with Gasteiger partial charge in [-0.3, -0.25) is 5.32 Å². The minimum Gasteiger partial charge on any atom is -0.269 e. The molecule has 0 bridgehead atoms. The molecule has 0 unspecified atom stereocenters. The van der Waals surface area contributed by atoms with Gasteiger partial charge in [0.05, 0.1) is 0 Å². The van der Waals surface area contributed by atoms with E-state index in [2.05, 4.69) is 0 Å². The van der Waals surface area contributed by atoms with E-state index >= 15 is 0 Å². The van der Waals surface area contributed by atoms with Gasteiger partial charge in [0.1, 0.15) is 0 Å². The Morgan fingerprint density at radius 2 is 1.29 bits per heavy atom. The summed E-state index contributed by atoms with van der Waals surface area (Å²) in [4.78, 5) is 0. The monoisotopic (exact) mass is 269 g/mol. The third-order valence-electron chi connectivity index (χ3n) is 2.11. The van der Waals surface area contributed by atoms with Crippen LogP contribution in [0, 0.1) is 5.92 Å². The smallest absolute Gasteiger partial charge is 0.269 e. The Morgan fingerprint density at radius 3 is 1.59 bits per heavy atom. The first-order chi connectivity index (χ1) is 7.42. The molecule has 17 heavy (non-hydrogen) atoms. The molecule has 0 saturated heterocycles. The first kappa shape index (κ1) is 16.5. The second kappa shape index (κ2) is 5.41. The molecule has 104 valence electrons. The predicted molar refractivity (Wildman–Crippen MR) is 48.0 cm³/mol. The molecule has 0 spiro atoms. The van der Waals surface area contributed by atoms with Crippen molar-refractivity contribution in [1.82, 2.24) is 5.32 Å². The van der Waals surface area contributed by atoms with Crippen LogP contribution < -0.4 is 5.32 Å². The predicted octanol–water partition coefficient (Wildman–Crippen LogP) is 3.80. The molecule has 0 aromatic heterocycles. The fourth-order valence-corrected chi connectivity index (χ4v) is 1.13. The lowest BCUT2D eigenvalue weighted by atomic mass is 10.1. The van der Waals surface area contributed by atoms with Crippen LogP contribution in [-0.2, 0) is 0 Å². The third kappa shape index (κ3) is 4.33. The maximum Gasteiger partial charge on any atom is 0.445 e. The molecule has 8 heteroatoms. The zero-order valence-corrected chi connectivity index (χ0v) is 9.34. The highest BCUT2D eigenvalue weighted by atomic mass is 19.4. The van der Waals surface area contributed by atoms with Gasteiger partial charge < -0.3 is 0 Å². The molecule has 0 amide bonds. The lowest BCUT2D eigenvalue weighted by molar-refractivity contribution is -0.352. The highest BCUT2D eigenvalue weighted by Crippen LogP contribution is 2.44. The second-order valence-electron chi connectivity index (χ2n) is 4.12. The minimum atomic E-state index is -6.02. The van der Waals surface area contributed by atoms with E-state index in [1.165, 1.54) is 0 Å². The van der Waals surface area contributed by atoms with Gasteiger partial charge >= 0.3 is 18.1 Å². The maximum atomic E-state index is 13.0. The molecule has 0 rings (SSSR count). The van der Waals surface area contributed by atoms with Gasteiger partial charge in [0, 0.05) is 0 Å². The van der Waals surface area contributed by atoms with Gasteiger partial charge in [-0.15, -0.1) is 0 Å². The lowest BCUT2D eigenvalue weighted by Crippen LogP contribution is -2.63. The van der Waals surface area contributed by atoms with E-state index in [0.717, 1.165) is 5.32 Å². The van der Waals surface area contributed by atoms with Gasteiger partial charge in [-0.1, -0.05) is 13.8 Å². The molecule has 1 nitrogen and oxygen atoms in total. The molecule has 0 heterocycles. The Morgan fingerprint density at radius 1 is 0.882 bits per heavy atom. The Balaban J connectivity index is 4.54. The molecule has 0 fully saturated rings. The van der Waals surface area contributed by atoms with Crippen LogP contribution in [-0.4, -0.2) is 24.7 Å². The van der Waals surface area contributed by atoms with Crippen molar-refractivity contribution < 1.29 is 30.7 Å². The molecule has 0 aromatic rings. The second-order valence-corrected chi connectivity index (χ2v) is 4.12. The highest BCUT2D eigenvalue weighted by molar-refractivity contribution is 4.91. The van der Waals surface area contributed by atoms with Gasteiger partial charge in [-0.05, 0) is 25.3 Å². The normalized spacial score (nSPS) is 14.5. The molecule has 1 N–H and O–H groups in total. The Bertz CT molecular complexity index is 216. The first-order valence-corrected chi connectivity index (χ1v) is 4.99. The SMILES string of the molecule is CC(C)CCCNC(F)(C(F)(F)F)C(F)(F)F. The Labute approximate surface area is 94.4 Å². The summed E-state index contributed by atoms with van der Waals surface area (Å²) in [5, 5.41) is 0.915. The van der Waals surface area contributed by atoms with Crippen molar-refractivity contribution in [1.29, 1.82) is 0 Å². The summed E-state index contributed by atoms with van der Waals surface area (Å²) >= 11 is 0. The van der Waals surface area contributed by atoms with E-state index in [4.69, 9.17) is 0 Å². The molecule has 0 saturated carbocycles. The topological polar surface area (TPSA) is 12.0 Å². The third-order valence-corrected chi connectivity index (χ3v) is 2.11. The van der Waals surface area contributed by atoms with Crippen molar-refractivity contribution in [3.05, 3.63) is 0 Å². The van der Waals surface area contributed by atoms with Crippen molar-refractivity contribution in [3.8, 4) is 0 Å². The van der Waals surface area contributed by atoms with Crippen LogP contribution in [0.15, 0.2) is 0 Å². The standard InChI is InChI=1S/C9H14F7N/c1-6(2)4-3-5-17-7(10,8(11,12)13)9(14,15)16/h6,17H,3-5H2,1-2H3. The van der Waals surface area contributed by atoms with Gasteiger partial charge in [0.25, 0.3) is 0 Å². The average Bonchev–Trinajstić information content (AvgIpc) is 2.07. The first-order valence-electron chi connectivity index (χ1n) is 4.99. The van der Waals surface area contributed by atoms with Crippen molar-refractivity contribution in [2.45, 2.75) is 44.8 Å². The Kier molecular flexibility index (Phi) is 5.24. The number of hydrogen-bond acceptors (Lipinski definition) is 1. The number of hydrogen-bond donors (Lipinski definition) is 1. The van der Waals surface area contributed by atoms with Crippen molar-refractivity contribution >= 4 is 0 Å². The molecule has 0 aromatic carbocycles. The zero-order chi connectivity index (χ0) is 13.9. The number of rotatable bonds is 5. The summed E-state index contributed by atoms with van der Waals surface area (Å²) in [7, 11) is 0. The van der Waals surface area contributed by atoms with Crippen LogP contribution in [0.25, 0.3) is 0 Å². The maximum absolute atomic E-state index is 13.0. The summed E-state index contributed by atoms with van der Waals surface area (Å²) in [5.74, 6) is -5.21. The summed E-state index contributed by atoms with van der Waals surface area (Å²) < 4.78 is 85.1. The molecule has 0 atom stereocenters. The summed E-state index contributed by atoms with van der Waals surface area (Å²) in [6.45, 7) is 2.83. The average molecular weight is 269 g/mol. The molecular weight excluding hydrogens is 255 g/mol. The molecule has 0 aliphatic rings. The molecule has 0 aliphatic carbocycles. The van der Waals surface area contributed by atoms with E-state index in [9.17, 15) is 30.7 Å². The van der Waals surface area contributed by atoms with E-state index in [1.807, 2.05) is 0 Å². The van der Waals surface area contributed by atoms with E-state index in [0.29, 0.717) is 6.42 Å². The summed E-state index contributed by atoms with van der Waals surface area (Å²) in [5.41, 5.74) is 0. The van der Waals surface area contributed by atoms with Crippen LogP contribution in [0.3, 0.4) is 0 Å². The summed E-state index contributed by atoms with van der Waals surface area (Å²) in [6, 6.07) is 0. The van der Waals surface area contributed by atoms with E-state index in [-0.39, 0.29) is 12.3 Å². The quantitative estimate of drug-likeness (QED) is 0.454. The fourth-order valence-electron chi connectivity index (χ4n) is 1.13. The fraction of sp³-hybridized carbons (Fsp3) is 1.00. The van der Waals surface area contributed by atoms with Crippen LogP contribution in [0.4, 0.5) is 30.7 Å². The van der Waals surface area contributed by atoms with Crippen molar-refractivity contribution in [3.63, 3.8) is 0 Å². The summed E-state index contributed by atoms with van der Waals surface area (Å²) in [6.07, 6.45) is -11.6. The van der Waals surface area contributed by atoms with Crippen LogP contribution in [0.2, 0.25) is 0 Å².